The van der Waals surface area contributed by atoms with Gasteiger partial charge in [0.1, 0.15) is 0 Å². The number of rotatable bonds is 3. The molecule has 0 fully saturated rings. The second-order valence-corrected chi connectivity index (χ2v) is 3.08. The van der Waals surface area contributed by atoms with Crippen LogP contribution >= 0.6 is 0 Å². The second-order valence-electron chi connectivity index (χ2n) is 3.08. The molecule has 1 aromatic carbocycles. The molecule has 0 unspecified atom stereocenters. The number of imidazole rings is 1. The maximum atomic E-state index is 8.68. The van der Waals surface area contributed by atoms with Crippen molar-refractivity contribution in [3.8, 4) is 0 Å². The van der Waals surface area contributed by atoms with Gasteiger partial charge < -0.3 is 10.1 Å². The molecule has 0 saturated carbocycles. The number of aromatic amines is 1. The van der Waals surface area contributed by atoms with Gasteiger partial charge in [-0.15, -0.1) is 0 Å². The number of H-pyrrole nitrogens is 1. The molecular weight excluding hydrogens is 164 g/mol. The van der Waals surface area contributed by atoms with Crippen LogP contribution in [0.1, 0.15) is 12.0 Å². The van der Waals surface area contributed by atoms with E-state index >= 15 is 0 Å². The van der Waals surface area contributed by atoms with Crippen LogP contribution in [0, 0.1) is 0 Å². The number of hydrogen-bond acceptors (Lipinski definition) is 2. The lowest BCUT2D eigenvalue weighted by Gasteiger charge is -1.98. The Kier molecular flexibility index (Phi) is 2.27. The average molecular weight is 176 g/mol. The molecule has 0 spiro atoms. The molecule has 0 amide bonds. The summed E-state index contributed by atoms with van der Waals surface area (Å²) in [6.07, 6.45) is 3.44. The molecular formula is C10H12N2O. The number of benzene rings is 1. The van der Waals surface area contributed by atoms with Gasteiger partial charge in [-0.25, -0.2) is 4.98 Å². The van der Waals surface area contributed by atoms with E-state index in [-0.39, 0.29) is 6.61 Å². The molecule has 0 aliphatic carbocycles. The van der Waals surface area contributed by atoms with Crippen LogP contribution in [0.2, 0.25) is 0 Å². The maximum absolute atomic E-state index is 8.68. The van der Waals surface area contributed by atoms with E-state index in [9.17, 15) is 0 Å². The van der Waals surface area contributed by atoms with Crippen LogP contribution in [0.15, 0.2) is 24.5 Å². The van der Waals surface area contributed by atoms with E-state index in [2.05, 4.69) is 22.1 Å². The smallest absolute Gasteiger partial charge is 0.0931 e. The Labute approximate surface area is 76.4 Å². The van der Waals surface area contributed by atoms with Gasteiger partial charge in [0.05, 0.1) is 17.4 Å². The van der Waals surface area contributed by atoms with Gasteiger partial charge in [0, 0.05) is 6.61 Å². The highest BCUT2D eigenvalue weighted by Gasteiger charge is 1.97. The minimum Gasteiger partial charge on any atom is -0.396 e. The summed E-state index contributed by atoms with van der Waals surface area (Å²) in [5.41, 5.74) is 3.30. The fourth-order valence-electron chi connectivity index (χ4n) is 1.42. The normalized spacial score (nSPS) is 10.8. The fraction of sp³-hybridized carbons (Fsp3) is 0.300. The molecule has 2 N–H and O–H groups in total. The van der Waals surface area contributed by atoms with Crippen molar-refractivity contribution in [2.24, 2.45) is 0 Å². The predicted octanol–water partition coefficient (Wildman–Crippen LogP) is 1.49. The highest BCUT2D eigenvalue weighted by molar-refractivity contribution is 5.74. The van der Waals surface area contributed by atoms with Crippen LogP contribution in [0.5, 0.6) is 0 Å². The van der Waals surface area contributed by atoms with E-state index in [0.29, 0.717) is 0 Å². The number of fused-ring (bicyclic) bond motifs is 1. The van der Waals surface area contributed by atoms with E-state index in [1.165, 1.54) is 5.56 Å². The van der Waals surface area contributed by atoms with Crippen LogP contribution in [-0.2, 0) is 6.42 Å². The van der Waals surface area contributed by atoms with Crippen LogP contribution in [0.25, 0.3) is 11.0 Å². The average Bonchev–Trinajstić information content (AvgIpc) is 2.61. The first kappa shape index (κ1) is 8.26. The van der Waals surface area contributed by atoms with Crippen LogP contribution in [-0.4, -0.2) is 21.7 Å². The Hall–Kier alpha value is -1.35. The lowest BCUT2D eigenvalue weighted by Crippen LogP contribution is -1.88. The van der Waals surface area contributed by atoms with Gasteiger partial charge >= 0.3 is 0 Å². The number of aromatic nitrogens is 2. The minimum atomic E-state index is 0.251. The lowest BCUT2D eigenvalue weighted by molar-refractivity contribution is 0.288. The second kappa shape index (κ2) is 3.58. The summed E-state index contributed by atoms with van der Waals surface area (Å²) in [6, 6.07) is 6.13. The minimum absolute atomic E-state index is 0.251. The molecule has 0 saturated heterocycles. The molecule has 68 valence electrons. The highest BCUT2D eigenvalue weighted by atomic mass is 16.2. The number of aliphatic hydroxyl groups excluding tert-OH is 1. The quantitative estimate of drug-likeness (QED) is 0.744. The summed E-state index contributed by atoms with van der Waals surface area (Å²) in [6.45, 7) is 0.251. The van der Waals surface area contributed by atoms with Crippen molar-refractivity contribution in [2.45, 2.75) is 12.8 Å². The molecule has 0 bridgehead atoms. The first-order valence-corrected chi connectivity index (χ1v) is 4.43. The molecule has 0 aliphatic rings. The first-order chi connectivity index (χ1) is 6.40. The molecule has 0 aliphatic heterocycles. The summed E-state index contributed by atoms with van der Waals surface area (Å²) in [5.74, 6) is 0. The zero-order valence-electron chi connectivity index (χ0n) is 7.33. The SMILES string of the molecule is OCCCc1ccc2nc[nH]c2c1. The van der Waals surface area contributed by atoms with Crippen molar-refractivity contribution in [3.05, 3.63) is 30.1 Å². The topological polar surface area (TPSA) is 48.9 Å². The number of aliphatic hydroxyl groups is 1. The van der Waals surface area contributed by atoms with Gasteiger partial charge in [-0.3, -0.25) is 0 Å². The van der Waals surface area contributed by atoms with E-state index < -0.39 is 0 Å². The van der Waals surface area contributed by atoms with Crippen molar-refractivity contribution in [1.29, 1.82) is 0 Å². The van der Waals surface area contributed by atoms with Crippen LogP contribution in [0.3, 0.4) is 0 Å². The third-order valence-corrected chi connectivity index (χ3v) is 2.11. The Bertz CT molecular complexity index is 394. The summed E-state index contributed by atoms with van der Waals surface area (Å²) in [7, 11) is 0. The third-order valence-electron chi connectivity index (χ3n) is 2.11. The Morgan fingerprint density at radius 1 is 1.38 bits per heavy atom. The van der Waals surface area contributed by atoms with Crippen LogP contribution in [0.4, 0.5) is 0 Å². The fourth-order valence-corrected chi connectivity index (χ4v) is 1.42. The van der Waals surface area contributed by atoms with Gasteiger partial charge in [-0.2, -0.15) is 0 Å². The maximum Gasteiger partial charge on any atom is 0.0931 e. The molecule has 2 rings (SSSR count). The molecule has 13 heavy (non-hydrogen) atoms. The molecule has 0 radical (unpaired) electrons. The monoisotopic (exact) mass is 176 g/mol. The molecule has 1 heterocycles. The van der Waals surface area contributed by atoms with Gasteiger partial charge in [-0.05, 0) is 30.5 Å². The summed E-state index contributed by atoms with van der Waals surface area (Å²) < 4.78 is 0. The van der Waals surface area contributed by atoms with E-state index in [1.807, 2.05) is 6.07 Å². The number of nitrogens with one attached hydrogen (secondary N) is 1. The van der Waals surface area contributed by atoms with Crippen LogP contribution < -0.4 is 0 Å². The molecule has 3 heteroatoms. The van der Waals surface area contributed by atoms with Gasteiger partial charge in [0.2, 0.25) is 0 Å². The first-order valence-electron chi connectivity index (χ1n) is 4.43. The van der Waals surface area contributed by atoms with Crippen molar-refractivity contribution in [2.75, 3.05) is 6.61 Å². The van der Waals surface area contributed by atoms with Gasteiger partial charge in [0.25, 0.3) is 0 Å². The number of hydrogen-bond donors (Lipinski definition) is 2. The van der Waals surface area contributed by atoms with E-state index in [0.717, 1.165) is 23.9 Å². The molecule has 3 nitrogen and oxygen atoms in total. The van der Waals surface area contributed by atoms with Crippen molar-refractivity contribution in [3.63, 3.8) is 0 Å². The van der Waals surface area contributed by atoms with Crippen molar-refractivity contribution < 1.29 is 5.11 Å². The Morgan fingerprint density at radius 2 is 2.31 bits per heavy atom. The standard InChI is InChI=1S/C10H12N2O/c13-5-1-2-8-3-4-9-10(6-8)12-7-11-9/h3-4,6-7,13H,1-2,5H2,(H,11,12). The molecule has 2 aromatic rings. The Balaban J connectivity index is 2.26. The highest BCUT2D eigenvalue weighted by Crippen LogP contribution is 2.12. The third kappa shape index (κ3) is 1.70. The summed E-state index contributed by atoms with van der Waals surface area (Å²) >= 11 is 0. The lowest BCUT2D eigenvalue weighted by atomic mass is 10.1. The number of aryl methyl sites for hydroxylation is 1. The Morgan fingerprint density at radius 3 is 3.15 bits per heavy atom. The number of nitrogens with zero attached hydrogens (tertiary/aromatic N) is 1. The largest absolute Gasteiger partial charge is 0.396 e. The molecule has 1 aromatic heterocycles. The zero-order chi connectivity index (χ0) is 9.10. The molecule has 0 atom stereocenters. The van der Waals surface area contributed by atoms with E-state index in [4.69, 9.17) is 5.11 Å². The van der Waals surface area contributed by atoms with Gasteiger partial charge in [-0.1, -0.05) is 6.07 Å². The summed E-state index contributed by atoms with van der Waals surface area (Å²) in [5, 5.41) is 8.68. The zero-order valence-corrected chi connectivity index (χ0v) is 7.33. The van der Waals surface area contributed by atoms with Crippen molar-refractivity contribution >= 4 is 11.0 Å². The predicted molar refractivity (Wildman–Crippen MR) is 51.5 cm³/mol. The van der Waals surface area contributed by atoms with Gasteiger partial charge in [0.15, 0.2) is 0 Å². The van der Waals surface area contributed by atoms with Crippen molar-refractivity contribution in [1.82, 2.24) is 9.97 Å². The summed E-state index contributed by atoms with van der Waals surface area (Å²) in [4.78, 5) is 7.20. The van der Waals surface area contributed by atoms with E-state index in [1.54, 1.807) is 6.33 Å².